The van der Waals surface area contributed by atoms with Crippen LogP contribution in [-0.2, 0) is 25.7 Å². The van der Waals surface area contributed by atoms with Gasteiger partial charge in [-0.25, -0.2) is 0 Å². The largest absolute Gasteiger partial charge is 0.396 e. The molecular formula is C35H42BrN3O5. The number of aryl methyl sites for hydroxylation is 2. The van der Waals surface area contributed by atoms with Crippen molar-refractivity contribution in [1.29, 1.82) is 0 Å². The van der Waals surface area contributed by atoms with Crippen molar-refractivity contribution in [1.82, 2.24) is 9.80 Å². The Bertz CT molecular complexity index is 1420. The number of amides is 3. The van der Waals surface area contributed by atoms with Crippen LogP contribution in [0.3, 0.4) is 0 Å². The lowest BCUT2D eigenvalue weighted by molar-refractivity contribution is -0.145. The van der Waals surface area contributed by atoms with Crippen molar-refractivity contribution >= 4 is 39.3 Å². The van der Waals surface area contributed by atoms with Gasteiger partial charge in [0.2, 0.25) is 11.8 Å². The van der Waals surface area contributed by atoms with Crippen LogP contribution >= 0.6 is 15.9 Å². The molecule has 8 nitrogen and oxygen atoms in total. The molecule has 3 heterocycles. The first kappa shape index (κ1) is 32.1. The van der Waals surface area contributed by atoms with Gasteiger partial charge in [-0.2, -0.15) is 0 Å². The third-order valence-electron chi connectivity index (χ3n) is 9.23. The SMILES string of the molecule is C=CCN(Cc1ccccc1)C(=O)[C@H]1[C@H]2C(=O)N(CCCCO)C(C(=O)N(CC=C)c3cc(C)ccc3C)C23CC(Br)[C@@H]1O3. The number of halogens is 1. The quantitative estimate of drug-likeness (QED) is 0.193. The molecular weight excluding hydrogens is 622 g/mol. The Labute approximate surface area is 268 Å². The minimum Gasteiger partial charge on any atom is -0.396 e. The summed E-state index contributed by atoms with van der Waals surface area (Å²) in [5.41, 5.74) is 2.50. The van der Waals surface area contributed by atoms with E-state index in [4.69, 9.17) is 4.74 Å². The number of hydrogen-bond acceptors (Lipinski definition) is 5. The van der Waals surface area contributed by atoms with Crippen LogP contribution in [0.1, 0.15) is 36.0 Å². The van der Waals surface area contributed by atoms with E-state index in [0.717, 1.165) is 22.4 Å². The molecule has 0 aromatic heterocycles. The molecule has 3 unspecified atom stereocenters. The molecule has 0 radical (unpaired) electrons. The first-order valence-electron chi connectivity index (χ1n) is 15.3. The number of rotatable bonds is 13. The molecule has 44 heavy (non-hydrogen) atoms. The third kappa shape index (κ3) is 5.66. The van der Waals surface area contributed by atoms with E-state index in [9.17, 15) is 19.5 Å². The van der Waals surface area contributed by atoms with Crippen LogP contribution in [-0.4, -0.2) is 81.4 Å². The molecule has 1 N–H and O–H groups in total. The van der Waals surface area contributed by atoms with Crippen LogP contribution in [0.15, 0.2) is 73.8 Å². The van der Waals surface area contributed by atoms with Gasteiger partial charge >= 0.3 is 0 Å². The highest BCUT2D eigenvalue weighted by Crippen LogP contribution is 2.60. The summed E-state index contributed by atoms with van der Waals surface area (Å²) >= 11 is 3.78. The smallest absolute Gasteiger partial charge is 0.253 e. The average molecular weight is 665 g/mol. The summed E-state index contributed by atoms with van der Waals surface area (Å²) in [4.78, 5) is 48.5. The zero-order valence-corrected chi connectivity index (χ0v) is 27.1. The molecule has 3 aliphatic rings. The zero-order chi connectivity index (χ0) is 31.6. The number of alkyl halides is 1. The maximum absolute atomic E-state index is 14.8. The Morgan fingerprint density at radius 3 is 2.50 bits per heavy atom. The van der Waals surface area contributed by atoms with E-state index >= 15 is 0 Å². The molecule has 0 saturated carbocycles. The Morgan fingerprint density at radius 2 is 1.82 bits per heavy atom. The van der Waals surface area contributed by atoms with Gasteiger partial charge in [-0.05, 0) is 55.9 Å². The number of carbonyl (C=O) groups excluding carboxylic acids is 3. The molecule has 1 spiro atoms. The van der Waals surface area contributed by atoms with Crippen molar-refractivity contribution < 1.29 is 24.2 Å². The maximum atomic E-state index is 14.8. The van der Waals surface area contributed by atoms with Crippen LogP contribution < -0.4 is 4.90 Å². The van der Waals surface area contributed by atoms with Crippen molar-refractivity contribution in [3.8, 4) is 0 Å². The number of ether oxygens (including phenoxy) is 1. The molecule has 3 aliphatic heterocycles. The van der Waals surface area contributed by atoms with Crippen LogP contribution in [0.5, 0.6) is 0 Å². The second-order valence-electron chi connectivity index (χ2n) is 12.1. The van der Waals surface area contributed by atoms with Gasteiger partial charge in [0.05, 0.1) is 17.9 Å². The van der Waals surface area contributed by atoms with E-state index in [0.29, 0.717) is 32.4 Å². The highest BCUT2D eigenvalue weighted by Gasteiger charge is 2.76. The normalized spacial score (nSPS) is 26.9. The van der Waals surface area contributed by atoms with Gasteiger partial charge in [-0.3, -0.25) is 14.4 Å². The van der Waals surface area contributed by atoms with Crippen LogP contribution in [0.2, 0.25) is 0 Å². The Morgan fingerprint density at radius 1 is 1.09 bits per heavy atom. The van der Waals surface area contributed by atoms with Crippen molar-refractivity contribution in [2.75, 3.05) is 31.1 Å². The standard InChI is InChI=1S/C35H42BrN3O5/c1-5-16-37(22-25-12-8-7-9-13-25)32(41)28-29-33(42)39(18-10-11-19-40)31(35(29)21-26(36)30(28)44-35)34(43)38(17-6-2)27-20-23(3)14-15-24(27)4/h5-9,12-15,20,26,28-31,40H,1-2,10-11,16-19,21-22H2,3-4H3/t26?,28-,29-,30-,31?,35?/m0/s1. The summed E-state index contributed by atoms with van der Waals surface area (Å²) < 4.78 is 6.76. The Kier molecular flexibility index (Phi) is 9.77. The molecule has 6 atom stereocenters. The molecule has 234 valence electrons. The van der Waals surface area contributed by atoms with Gasteiger partial charge in [-0.1, -0.05) is 70.5 Å². The fourth-order valence-corrected chi connectivity index (χ4v) is 8.27. The van der Waals surface area contributed by atoms with Crippen molar-refractivity contribution in [2.24, 2.45) is 11.8 Å². The lowest BCUT2D eigenvalue weighted by atomic mass is 9.70. The molecule has 5 rings (SSSR count). The summed E-state index contributed by atoms with van der Waals surface area (Å²) in [6.07, 6.45) is 4.27. The number of aliphatic hydroxyl groups excluding tert-OH is 1. The molecule has 9 heteroatoms. The minimum absolute atomic E-state index is 0.0144. The third-order valence-corrected chi connectivity index (χ3v) is 10.1. The lowest BCUT2D eigenvalue weighted by Gasteiger charge is -2.38. The monoisotopic (exact) mass is 663 g/mol. The summed E-state index contributed by atoms with van der Waals surface area (Å²) in [5, 5.41) is 9.51. The van der Waals surface area contributed by atoms with E-state index < -0.39 is 29.6 Å². The number of likely N-dealkylation sites (tertiary alicyclic amines) is 1. The molecule has 3 amide bonds. The van der Waals surface area contributed by atoms with Gasteiger partial charge < -0.3 is 24.5 Å². The highest BCUT2D eigenvalue weighted by atomic mass is 79.9. The molecule has 3 fully saturated rings. The highest BCUT2D eigenvalue weighted by molar-refractivity contribution is 9.09. The van der Waals surface area contributed by atoms with Gasteiger partial charge in [-0.15, -0.1) is 13.2 Å². The predicted molar refractivity (Wildman–Crippen MR) is 174 cm³/mol. The predicted octanol–water partition coefficient (Wildman–Crippen LogP) is 4.56. The maximum Gasteiger partial charge on any atom is 0.253 e. The molecule has 0 aliphatic carbocycles. The van der Waals surface area contributed by atoms with Crippen LogP contribution in [0, 0.1) is 25.7 Å². The van der Waals surface area contributed by atoms with Gasteiger partial charge in [0.1, 0.15) is 11.6 Å². The number of anilines is 1. The van der Waals surface area contributed by atoms with Gasteiger partial charge in [0.15, 0.2) is 0 Å². The second kappa shape index (κ2) is 13.4. The van der Waals surface area contributed by atoms with Crippen LogP contribution in [0.4, 0.5) is 5.69 Å². The summed E-state index contributed by atoms with van der Waals surface area (Å²) in [6.45, 7) is 12.9. The van der Waals surface area contributed by atoms with E-state index in [1.165, 1.54) is 0 Å². The number of unbranched alkanes of at least 4 members (excludes halogenated alkanes) is 1. The molecule has 2 aromatic rings. The number of hydrogen-bond donors (Lipinski definition) is 1. The summed E-state index contributed by atoms with van der Waals surface area (Å²) in [5.74, 6) is -2.22. The van der Waals surface area contributed by atoms with E-state index in [-0.39, 0.29) is 42.2 Å². The Hall–Kier alpha value is -3.27. The number of nitrogens with zero attached hydrogens (tertiary/aromatic N) is 3. The molecule has 2 bridgehead atoms. The van der Waals surface area contributed by atoms with E-state index in [1.807, 2.05) is 62.4 Å². The minimum atomic E-state index is -1.17. The number of fused-ring (bicyclic) bond motifs is 1. The van der Waals surface area contributed by atoms with Gasteiger partial charge in [0, 0.05) is 43.3 Å². The van der Waals surface area contributed by atoms with Crippen molar-refractivity contribution in [3.05, 3.63) is 90.5 Å². The number of aliphatic hydroxyl groups is 1. The number of benzene rings is 2. The Balaban J connectivity index is 1.56. The molecule has 2 aromatic carbocycles. The zero-order valence-electron chi connectivity index (χ0n) is 25.5. The fourth-order valence-electron chi connectivity index (χ4n) is 7.32. The van der Waals surface area contributed by atoms with E-state index in [1.54, 1.807) is 26.9 Å². The lowest BCUT2D eigenvalue weighted by Crippen LogP contribution is -2.57. The average Bonchev–Trinajstić information content (AvgIpc) is 3.60. The summed E-state index contributed by atoms with van der Waals surface area (Å²) in [6, 6.07) is 14.8. The topological polar surface area (TPSA) is 90.4 Å². The first-order chi connectivity index (χ1) is 21.2. The summed E-state index contributed by atoms with van der Waals surface area (Å²) in [7, 11) is 0. The van der Waals surface area contributed by atoms with Gasteiger partial charge in [0.25, 0.3) is 5.91 Å². The second-order valence-corrected chi connectivity index (χ2v) is 13.3. The fraction of sp³-hybridized carbons (Fsp3) is 0.457. The molecule has 3 saturated heterocycles. The number of carbonyl (C=O) groups is 3. The van der Waals surface area contributed by atoms with E-state index in [2.05, 4.69) is 29.1 Å². The van der Waals surface area contributed by atoms with Crippen molar-refractivity contribution in [3.63, 3.8) is 0 Å². The first-order valence-corrected chi connectivity index (χ1v) is 16.3. The van der Waals surface area contributed by atoms with Crippen LogP contribution in [0.25, 0.3) is 0 Å². The van der Waals surface area contributed by atoms with Crippen molar-refractivity contribution in [2.45, 2.75) is 62.2 Å².